The lowest BCUT2D eigenvalue weighted by molar-refractivity contribution is -0.126. The summed E-state index contributed by atoms with van der Waals surface area (Å²) in [6.45, 7) is 0.943. The highest BCUT2D eigenvalue weighted by atomic mass is 19.4. The molecule has 1 aliphatic heterocycles. The lowest BCUT2D eigenvalue weighted by Crippen LogP contribution is -2.46. The van der Waals surface area contributed by atoms with Crippen LogP contribution in [0.3, 0.4) is 0 Å². The Morgan fingerprint density at radius 1 is 1.27 bits per heavy atom. The molecule has 3 N–H and O–H groups in total. The first-order chi connectivity index (χ1) is 6.97. The molecular weight excluding hydrogens is 209 g/mol. The first-order valence-electron chi connectivity index (χ1n) is 5.03. The van der Waals surface area contributed by atoms with Gasteiger partial charge >= 0.3 is 6.18 Å². The third-order valence-electron chi connectivity index (χ3n) is 2.81. The van der Waals surface area contributed by atoms with E-state index in [2.05, 4.69) is 5.32 Å². The van der Waals surface area contributed by atoms with Crippen LogP contribution < -0.4 is 11.1 Å². The molecule has 0 aliphatic carbocycles. The zero-order valence-corrected chi connectivity index (χ0v) is 8.57. The van der Waals surface area contributed by atoms with Crippen molar-refractivity contribution >= 4 is 0 Å². The molecule has 1 fully saturated rings. The first kappa shape index (κ1) is 12.7. The Labute approximate surface area is 87.2 Å². The van der Waals surface area contributed by atoms with Gasteiger partial charge in [-0.25, -0.2) is 0 Å². The Hall–Kier alpha value is -0.330. The summed E-state index contributed by atoms with van der Waals surface area (Å²) in [5.74, 6) is 0. The van der Waals surface area contributed by atoms with Gasteiger partial charge in [0, 0.05) is 19.8 Å². The molecule has 0 aromatic heterocycles. The van der Waals surface area contributed by atoms with Crippen molar-refractivity contribution in [3.8, 4) is 0 Å². The summed E-state index contributed by atoms with van der Waals surface area (Å²) in [4.78, 5) is 0. The molecule has 15 heavy (non-hydrogen) atoms. The molecule has 0 bridgehead atoms. The van der Waals surface area contributed by atoms with Crippen molar-refractivity contribution in [1.82, 2.24) is 5.32 Å². The average molecular weight is 226 g/mol. The second-order valence-electron chi connectivity index (χ2n) is 4.04. The molecule has 0 saturated carbocycles. The highest BCUT2D eigenvalue weighted by Crippen LogP contribution is 2.28. The van der Waals surface area contributed by atoms with E-state index < -0.39 is 12.7 Å². The predicted octanol–water partition coefficient (Wildman–Crippen LogP) is 0.894. The Balaban J connectivity index is 2.33. The number of halogens is 3. The van der Waals surface area contributed by atoms with Crippen molar-refractivity contribution in [3.05, 3.63) is 0 Å². The van der Waals surface area contributed by atoms with Gasteiger partial charge in [-0.3, -0.25) is 0 Å². The third-order valence-corrected chi connectivity index (χ3v) is 2.81. The molecule has 0 amide bonds. The van der Waals surface area contributed by atoms with E-state index in [4.69, 9.17) is 10.5 Å². The van der Waals surface area contributed by atoms with Gasteiger partial charge in [-0.2, -0.15) is 13.2 Å². The van der Waals surface area contributed by atoms with Crippen LogP contribution in [0.15, 0.2) is 0 Å². The Morgan fingerprint density at radius 2 is 1.87 bits per heavy atom. The number of alkyl halides is 3. The summed E-state index contributed by atoms with van der Waals surface area (Å²) < 4.78 is 40.9. The fourth-order valence-electron chi connectivity index (χ4n) is 1.73. The highest BCUT2D eigenvalue weighted by Gasteiger charge is 2.33. The van der Waals surface area contributed by atoms with Crippen LogP contribution in [-0.4, -0.2) is 39.0 Å². The maximum Gasteiger partial charge on any atom is 0.401 e. The van der Waals surface area contributed by atoms with Gasteiger partial charge in [0.1, 0.15) is 0 Å². The van der Waals surface area contributed by atoms with Gasteiger partial charge < -0.3 is 15.8 Å². The number of hydrogen-bond donors (Lipinski definition) is 2. The second kappa shape index (κ2) is 5.14. The van der Waals surface area contributed by atoms with Gasteiger partial charge in [0.25, 0.3) is 0 Å². The topological polar surface area (TPSA) is 47.3 Å². The lowest BCUT2D eigenvalue weighted by Gasteiger charge is -2.36. The monoisotopic (exact) mass is 226 g/mol. The van der Waals surface area contributed by atoms with Crippen molar-refractivity contribution in [2.45, 2.75) is 19.0 Å². The Bertz CT molecular complexity index is 190. The predicted molar refractivity (Wildman–Crippen MR) is 50.5 cm³/mol. The van der Waals surface area contributed by atoms with Crippen LogP contribution in [0.25, 0.3) is 0 Å². The molecule has 0 aromatic rings. The molecule has 3 nitrogen and oxygen atoms in total. The zero-order chi connectivity index (χ0) is 11.4. The van der Waals surface area contributed by atoms with Crippen LogP contribution in [0.1, 0.15) is 12.8 Å². The number of nitrogens with one attached hydrogen (secondary N) is 1. The molecule has 0 unspecified atom stereocenters. The van der Waals surface area contributed by atoms with Crippen molar-refractivity contribution in [3.63, 3.8) is 0 Å². The van der Waals surface area contributed by atoms with Crippen molar-refractivity contribution in [1.29, 1.82) is 0 Å². The smallest absolute Gasteiger partial charge is 0.381 e. The average Bonchev–Trinajstić information content (AvgIpc) is 2.17. The zero-order valence-electron chi connectivity index (χ0n) is 8.57. The first-order valence-corrected chi connectivity index (χ1v) is 5.03. The summed E-state index contributed by atoms with van der Waals surface area (Å²) in [6, 6.07) is 0. The number of hydrogen-bond acceptors (Lipinski definition) is 3. The number of ether oxygens (including phenoxy) is 1. The van der Waals surface area contributed by atoms with Crippen LogP contribution in [0.4, 0.5) is 13.2 Å². The molecule has 1 rings (SSSR count). The van der Waals surface area contributed by atoms with Crippen LogP contribution in [0.2, 0.25) is 0 Å². The highest BCUT2D eigenvalue weighted by molar-refractivity contribution is 4.85. The minimum atomic E-state index is -4.15. The van der Waals surface area contributed by atoms with Gasteiger partial charge in [-0.05, 0) is 24.8 Å². The van der Waals surface area contributed by atoms with Gasteiger partial charge in [0.15, 0.2) is 0 Å². The SMILES string of the molecule is NCC1(CNCC(F)(F)F)CCOCC1. The second-order valence-corrected chi connectivity index (χ2v) is 4.04. The molecule has 0 aromatic carbocycles. The van der Waals surface area contributed by atoms with E-state index in [0.717, 1.165) is 12.8 Å². The van der Waals surface area contributed by atoms with Crippen molar-refractivity contribution in [2.24, 2.45) is 11.1 Å². The Kier molecular flexibility index (Phi) is 4.36. The standard InChI is InChI=1S/C9H17F3N2O/c10-9(11,12)7-14-6-8(5-13)1-3-15-4-2-8/h14H,1-7,13H2. The van der Waals surface area contributed by atoms with Crippen LogP contribution >= 0.6 is 0 Å². The van der Waals surface area contributed by atoms with E-state index in [1.54, 1.807) is 0 Å². The molecule has 6 heteroatoms. The van der Waals surface area contributed by atoms with Crippen molar-refractivity contribution in [2.75, 3.05) is 32.8 Å². The van der Waals surface area contributed by atoms with E-state index >= 15 is 0 Å². The van der Waals surface area contributed by atoms with Gasteiger partial charge in [0.05, 0.1) is 6.54 Å². The molecule has 90 valence electrons. The molecule has 1 saturated heterocycles. The van der Waals surface area contributed by atoms with E-state index in [9.17, 15) is 13.2 Å². The molecule has 0 radical (unpaired) electrons. The maximum absolute atomic E-state index is 11.9. The molecule has 0 spiro atoms. The number of nitrogens with two attached hydrogens (primary N) is 1. The fraction of sp³-hybridized carbons (Fsp3) is 1.00. The molecular formula is C9H17F3N2O. The summed E-state index contributed by atoms with van der Waals surface area (Å²) in [5.41, 5.74) is 5.39. The Morgan fingerprint density at radius 3 is 2.33 bits per heavy atom. The van der Waals surface area contributed by atoms with E-state index in [-0.39, 0.29) is 5.41 Å². The van der Waals surface area contributed by atoms with Gasteiger partial charge in [0.2, 0.25) is 0 Å². The lowest BCUT2D eigenvalue weighted by atomic mass is 9.80. The van der Waals surface area contributed by atoms with Crippen LogP contribution in [0.5, 0.6) is 0 Å². The molecule has 0 atom stereocenters. The normalized spacial score (nSPS) is 21.6. The van der Waals surface area contributed by atoms with Crippen LogP contribution in [-0.2, 0) is 4.74 Å². The molecule has 1 aliphatic rings. The van der Waals surface area contributed by atoms with Crippen molar-refractivity contribution < 1.29 is 17.9 Å². The van der Waals surface area contributed by atoms with Crippen LogP contribution in [0, 0.1) is 5.41 Å². The quantitative estimate of drug-likeness (QED) is 0.748. The fourth-order valence-corrected chi connectivity index (χ4v) is 1.73. The number of rotatable bonds is 4. The largest absolute Gasteiger partial charge is 0.401 e. The van der Waals surface area contributed by atoms with Gasteiger partial charge in [-0.1, -0.05) is 0 Å². The van der Waals surface area contributed by atoms with E-state index in [1.165, 1.54) is 0 Å². The third kappa shape index (κ3) is 4.36. The maximum atomic E-state index is 11.9. The molecule has 1 heterocycles. The summed E-state index contributed by atoms with van der Waals surface area (Å²) in [6.07, 6.45) is -2.69. The summed E-state index contributed by atoms with van der Waals surface area (Å²) >= 11 is 0. The minimum absolute atomic E-state index is 0.219. The minimum Gasteiger partial charge on any atom is -0.381 e. The van der Waals surface area contributed by atoms with E-state index in [1.807, 2.05) is 0 Å². The van der Waals surface area contributed by atoms with E-state index in [0.29, 0.717) is 26.3 Å². The summed E-state index contributed by atoms with van der Waals surface area (Å²) in [5, 5.41) is 2.43. The summed E-state index contributed by atoms with van der Waals surface area (Å²) in [7, 11) is 0. The van der Waals surface area contributed by atoms with Gasteiger partial charge in [-0.15, -0.1) is 0 Å².